The Morgan fingerprint density at radius 3 is 2.50 bits per heavy atom. The highest BCUT2D eigenvalue weighted by Crippen LogP contribution is 2.36. The Hall–Kier alpha value is -1.86. The van der Waals surface area contributed by atoms with Crippen molar-refractivity contribution < 1.29 is 4.79 Å². The Kier molecular flexibility index (Phi) is 4.44. The maximum atomic E-state index is 12.7. The molecule has 0 bridgehead atoms. The number of nitriles is 1. The van der Waals surface area contributed by atoms with E-state index in [1.807, 2.05) is 11.9 Å². The van der Waals surface area contributed by atoms with E-state index < -0.39 is 0 Å². The minimum Gasteiger partial charge on any atom is -0.337 e. The third-order valence-corrected chi connectivity index (χ3v) is 4.89. The molecule has 1 aromatic carbocycles. The van der Waals surface area contributed by atoms with Gasteiger partial charge in [0.2, 0.25) is 0 Å². The van der Waals surface area contributed by atoms with Gasteiger partial charge in [0, 0.05) is 25.2 Å². The molecule has 22 heavy (non-hydrogen) atoms. The number of carbonyl (C=O) groups excluding carboxylic acids is 1. The fourth-order valence-electron chi connectivity index (χ4n) is 3.34. The van der Waals surface area contributed by atoms with Gasteiger partial charge >= 0.3 is 0 Å². The number of amides is 1. The van der Waals surface area contributed by atoms with Crippen LogP contribution in [0.3, 0.4) is 0 Å². The van der Waals surface area contributed by atoms with Gasteiger partial charge in [-0.25, -0.2) is 0 Å². The average Bonchev–Trinajstić information content (AvgIpc) is 3.27. The van der Waals surface area contributed by atoms with Gasteiger partial charge in [-0.05, 0) is 69.0 Å². The summed E-state index contributed by atoms with van der Waals surface area (Å²) in [6.45, 7) is 3.34. The summed E-state index contributed by atoms with van der Waals surface area (Å²) in [5, 5.41) is 8.85. The summed E-state index contributed by atoms with van der Waals surface area (Å²) in [7, 11) is 1.93. The molecule has 1 aromatic rings. The zero-order chi connectivity index (χ0) is 15.5. The highest BCUT2D eigenvalue weighted by atomic mass is 16.2. The molecule has 0 unspecified atom stereocenters. The fourth-order valence-corrected chi connectivity index (χ4v) is 3.34. The molecule has 0 aromatic heterocycles. The van der Waals surface area contributed by atoms with Crippen molar-refractivity contribution >= 4 is 5.91 Å². The summed E-state index contributed by atoms with van der Waals surface area (Å²) in [6, 6.07) is 9.36. The summed E-state index contributed by atoms with van der Waals surface area (Å²) in [5.41, 5.74) is 1.27. The van der Waals surface area contributed by atoms with Crippen LogP contribution in [0.1, 0.15) is 41.6 Å². The second-order valence-electron chi connectivity index (χ2n) is 6.52. The van der Waals surface area contributed by atoms with E-state index in [9.17, 15) is 4.79 Å². The van der Waals surface area contributed by atoms with E-state index in [1.54, 1.807) is 24.3 Å². The van der Waals surface area contributed by atoms with E-state index in [0.29, 0.717) is 23.1 Å². The third-order valence-electron chi connectivity index (χ3n) is 4.89. The molecule has 1 amide bonds. The Labute approximate surface area is 132 Å². The van der Waals surface area contributed by atoms with Crippen LogP contribution in [-0.4, -0.2) is 48.4 Å². The predicted molar refractivity (Wildman–Crippen MR) is 85.4 cm³/mol. The average molecular weight is 297 g/mol. The van der Waals surface area contributed by atoms with Crippen molar-refractivity contribution in [3.8, 4) is 6.07 Å². The number of hydrogen-bond donors (Lipinski definition) is 0. The van der Waals surface area contributed by atoms with Crippen molar-refractivity contribution in [3.63, 3.8) is 0 Å². The van der Waals surface area contributed by atoms with Gasteiger partial charge in [-0.1, -0.05) is 0 Å². The Bertz CT molecular complexity index is 565. The minimum atomic E-state index is 0.0700. The highest BCUT2D eigenvalue weighted by molar-refractivity contribution is 5.94. The summed E-state index contributed by atoms with van der Waals surface area (Å²) < 4.78 is 0. The molecule has 4 heteroatoms. The molecular weight excluding hydrogens is 274 g/mol. The molecule has 2 fully saturated rings. The van der Waals surface area contributed by atoms with Gasteiger partial charge in [0.15, 0.2) is 0 Å². The summed E-state index contributed by atoms with van der Waals surface area (Å²) in [6.07, 6.45) is 5.04. The Balaban J connectivity index is 1.69. The van der Waals surface area contributed by atoms with E-state index in [0.717, 1.165) is 6.54 Å². The van der Waals surface area contributed by atoms with Crippen LogP contribution in [0.5, 0.6) is 0 Å². The first kappa shape index (κ1) is 15.1. The molecule has 3 rings (SSSR count). The molecule has 0 radical (unpaired) electrons. The molecule has 1 atom stereocenters. The number of likely N-dealkylation sites (tertiary alicyclic amines) is 1. The van der Waals surface area contributed by atoms with Crippen LogP contribution >= 0.6 is 0 Å². The minimum absolute atomic E-state index is 0.0700. The second-order valence-corrected chi connectivity index (χ2v) is 6.52. The number of benzene rings is 1. The van der Waals surface area contributed by atoms with Crippen LogP contribution in [0, 0.1) is 17.2 Å². The second kappa shape index (κ2) is 6.50. The molecule has 1 heterocycles. The maximum Gasteiger partial charge on any atom is 0.253 e. The molecule has 116 valence electrons. The van der Waals surface area contributed by atoms with Crippen LogP contribution in [0.25, 0.3) is 0 Å². The standard InChI is InChI=1S/C18H23N3O/c1-20(18(22)16-6-4-14(12-19)5-7-16)17(15-8-9-15)13-21-10-2-3-11-21/h4-7,15,17H,2-3,8-11,13H2,1H3/t17-/m1/s1. The largest absolute Gasteiger partial charge is 0.337 e. The van der Waals surface area contributed by atoms with Gasteiger partial charge < -0.3 is 9.80 Å². The number of carbonyl (C=O) groups is 1. The molecule has 1 aliphatic heterocycles. The molecule has 0 N–H and O–H groups in total. The van der Waals surface area contributed by atoms with E-state index in [1.165, 1.54) is 38.8 Å². The summed E-state index contributed by atoms with van der Waals surface area (Å²) >= 11 is 0. The van der Waals surface area contributed by atoms with E-state index in [4.69, 9.17) is 5.26 Å². The van der Waals surface area contributed by atoms with Crippen molar-refractivity contribution in [3.05, 3.63) is 35.4 Å². The van der Waals surface area contributed by atoms with Crippen molar-refractivity contribution in [2.75, 3.05) is 26.7 Å². The van der Waals surface area contributed by atoms with Crippen LogP contribution in [0.2, 0.25) is 0 Å². The SMILES string of the molecule is CN(C(=O)c1ccc(C#N)cc1)[C@H](CN1CCCC1)C1CC1. The Morgan fingerprint density at radius 1 is 1.32 bits per heavy atom. The van der Waals surface area contributed by atoms with Gasteiger partial charge in [-0.2, -0.15) is 5.26 Å². The summed E-state index contributed by atoms with van der Waals surface area (Å²) in [5.74, 6) is 0.730. The van der Waals surface area contributed by atoms with Crippen molar-refractivity contribution in [1.29, 1.82) is 5.26 Å². The van der Waals surface area contributed by atoms with E-state index in [-0.39, 0.29) is 5.91 Å². The lowest BCUT2D eigenvalue weighted by molar-refractivity contribution is 0.0673. The van der Waals surface area contributed by atoms with Crippen LogP contribution in [-0.2, 0) is 0 Å². The maximum absolute atomic E-state index is 12.7. The van der Waals surface area contributed by atoms with Gasteiger partial charge in [0.1, 0.15) is 0 Å². The Morgan fingerprint density at radius 2 is 1.95 bits per heavy atom. The zero-order valence-electron chi connectivity index (χ0n) is 13.2. The quantitative estimate of drug-likeness (QED) is 0.839. The predicted octanol–water partition coefficient (Wildman–Crippen LogP) is 2.50. The normalized spacial score (nSPS) is 19.6. The van der Waals surface area contributed by atoms with Crippen molar-refractivity contribution in [1.82, 2.24) is 9.80 Å². The molecule has 2 aliphatic rings. The van der Waals surface area contributed by atoms with E-state index >= 15 is 0 Å². The first-order valence-electron chi connectivity index (χ1n) is 8.18. The smallest absolute Gasteiger partial charge is 0.253 e. The molecule has 1 saturated carbocycles. The first-order chi connectivity index (χ1) is 10.7. The zero-order valence-corrected chi connectivity index (χ0v) is 13.2. The number of hydrogen-bond acceptors (Lipinski definition) is 3. The van der Waals surface area contributed by atoms with Crippen LogP contribution in [0.4, 0.5) is 0 Å². The first-order valence-corrected chi connectivity index (χ1v) is 8.18. The topological polar surface area (TPSA) is 47.3 Å². The fraction of sp³-hybridized carbons (Fsp3) is 0.556. The lowest BCUT2D eigenvalue weighted by Gasteiger charge is -2.32. The van der Waals surface area contributed by atoms with Gasteiger partial charge in [-0.3, -0.25) is 4.79 Å². The van der Waals surface area contributed by atoms with Crippen molar-refractivity contribution in [2.45, 2.75) is 31.7 Å². The molecule has 1 aliphatic carbocycles. The summed E-state index contributed by atoms with van der Waals surface area (Å²) in [4.78, 5) is 17.1. The third kappa shape index (κ3) is 3.31. The lowest BCUT2D eigenvalue weighted by Crippen LogP contribution is -2.45. The molecular formula is C18H23N3O. The number of nitrogens with zero attached hydrogens (tertiary/aromatic N) is 3. The van der Waals surface area contributed by atoms with E-state index in [2.05, 4.69) is 11.0 Å². The molecule has 4 nitrogen and oxygen atoms in total. The number of likely N-dealkylation sites (N-methyl/N-ethyl adjacent to an activating group) is 1. The van der Waals surface area contributed by atoms with Crippen LogP contribution in [0.15, 0.2) is 24.3 Å². The number of rotatable bonds is 5. The lowest BCUT2D eigenvalue weighted by atomic mass is 10.1. The van der Waals surface area contributed by atoms with Gasteiger partial charge in [0.25, 0.3) is 5.91 Å². The molecule has 1 saturated heterocycles. The monoisotopic (exact) mass is 297 g/mol. The van der Waals surface area contributed by atoms with Crippen LogP contribution < -0.4 is 0 Å². The molecule has 0 spiro atoms. The van der Waals surface area contributed by atoms with Gasteiger partial charge in [0.05, 0.1) is 11.6 Å². The highest BCUT2D eigenvalue weighted by Gasteiger charge is 2.37. The van der Waals surface area contributed by atoms with Gasteiger partial charge in [-0.15, -0.1) is 0 Å². The van der Waals surface area contributed by atoms with Crippen molar-refractivity contribution in [2.24, 2.45) is 5.92 Å².